The van der Waals surface area contributed by atoms with E-state index < -0.39 is 0 Å². The van der Waals surface area contributed by atoms with Gasteiger partial charge in [0.05, 0.1) is 0 Å². The van der Waals surface area contributed by atoms with Gasteiger partial charge >= 0.3 is 0 Å². The topological polar surface area (TPSA) is 15.3 Å². The highest BCUT2D eigenvalue weighted by atomic mass is 15.2. The van der Waals surface area contributed by atoms with Gasteiger partial charge in [0, 0.05) is 25.7 Å². The predicted molar refractivity (Wildman–Crippen MR) is 77.9 cm³/mol. The van der Waals surface area contributed by atoms with Crippen molar-refractivity contribution in [1.29, 1.82) is 0 Å². The van der Waals surface area contributed by atoms with Gasteiger partial charge in [-0.05, 0) is 49.9 Å². The fourth-order valence-corrected chi connectivity index (χ4v) is 2.49. The summed E-state index contributed by atoms with van der Waals surface area (Å²) in [6.07, 6.45) is 2.82. The molecule has 1 aromatic rings. The first kappa shape index (κ1) is 13.6. The van der Waals surface area contributed by atoms with Crippen molar-refractivity contribution in [2.75, 3.05) is 19.6 Å². The summed E-state index contributed by atoms with van der Waals surface area (Å²) in [5.41, 5.74) is 4.26. The molecule has 1 N–H and O–H groups in total. The minimum Gasteiger partial charge on any atom is -0.311 e. The third-order valence-electron chi connectivity index (χ3n) is 4.08. The van der Waals surface area contributed by atoms with E-state index in [4.69, 9.17) is 0 Å². The maximum atomic E-state index is 3.58. The molecule has 1 saturated carbocycles. The Morgan fingerprint density at radius 3 is 2.72 bits per heavy atom. The Morgan fingerprint density at radius 2 is 2.06 bits per heavy atom. The molecule has 1 aromatic carbocycles. The lowest BCUT2D eigenvalue weighted by Gasteiger charge is -2.20. The maximum absolute atomic E-state index is 3.58. The highest BCUT2D eigenvalue weighted by Crippen LogP contribution is 2.25. The summed E-state index contributed by atoms with van der Waals surface area (Å²) < 4.78 is 0. The highest BCUT2D eigenvalue weighted by Gasteiger charge is 2.26. The van der Waals surface area contributed by atoms with Crippen LogP contribution in [0.3, 0.4) is 0 Å². The Hall–Kier alpha value is -0.860. The molecular formula is C16H26N2. The van der Waals surface area contributed by atoms with Crippen LogP contribution < -0.4 is 5.32 Å². The van der Waals surface area contributed by atoms with E-state index in [2.05, 4.69) is 49.2 Å². The molecule has 0 bridgehead atoms. The summed E-state index contributed by atoms with van der Waals surface area (Å²) in [6, 6.07) is 7.46. The number of hydrogen-bond donors (Lipinski definition) is 1. The molecule has 100 valence electrons. The molecule has 0 heterocycles. The fraction of sp³-hybridized carbons (Fsp3) is 0.625. The van der Waals surface area contributed by atoms with Gasteiger partial charge in [0.25, 0.3) is 0 Å². The zero-order chi connectivity index (χ0) is 13.0. The molecule has 0 aromatic heterocycles. The second-order valence-electron chi connectivity index (χ2n) is 5.40. The van der Waals surface area contributed by atoms with Crippen molar-refractivity contribution in [1.82, 2.24) is 10.2 Å². The molecule has 0 saturated heterocycles. The number of rotatable bonds is 7. The summed E-state index contributed by atoms with van der Waals surface area (Å²) >= 11 is 0. The van der Waals surface area contributed by atoms with E-state index in [0.717, 1.165) is 19.1 Å². The fourth-order valence-electron chi connectivity index (χ4n) is 2.49. The van der Waals surface area contributed by atoms with E-state index in [9.17, 15) is 0 Å². The molecule has 18 heavy (non-hydrogen) atoms. The number of nitrogens with one attached hydrogen (secondary N) is 1. The first-order valence-electron chi connectivity index (χ1n) is 7.22. The summed E-state index contributed by atoms with van der Waals surface area (Å²) in [7, 11) is 0. The lowest BCUT2D eigenvalue weighted by Crippen LogP contribution is -2.33. The van der Waals surface area contributed by atoms with E-state index in [1.807, 2.05) is 0 Å². The van der Waals surface area contributed by atoms with Crippen molar-refractivity contribution in [3.8, 4) is 0 Å². The van der Waals surface area contributed by atoms with Crippen molar-refractivity contribution in [3.05, 3.63) is 34.9 Å². The summed E-state index contributed by atoms with van der Waals surface area (Å²) in [6.45, 7) is 11.1. The van der Waals surface area contributed by atoms with Gasteiger partial charge in [-0.1, -0.05) is 25.1 Å². The van der Waals surface area contributed by atoms with Crippen molar-refractivity contribution in [3.63, 3.8) is 0 Å². The molecule has 1 aliphatic carbocycles. The molecule has 2 rings (SSSR count). The average molecular weight is 246 g/mol. The molecule has 0 radical (unpaired) electrons. The second-order valence-corrected chi connectivity index (χ2v) is 5.40. The standard InChI is InChI=1S/C16H26N2/c1-4-18(16-8-9-16)11-10-17-12-15-7-5-6-13(2)14(15)3/h5-7,16-17H,4,8-12H2,1-3H3. The molecule has 1 fully saturated rings. The van der Waals surface area contributed by atoms with Crippen LogP contribution in [-0.2, 0) is 6.54 Å². The van der Waals surface area contributed by atoms with Gasteiger partial charge in [0.15, 0.2) is 0 Å². The first-order valence-corrected chi connectivity index (χ1v) is 7.22. The Labute approximate surface area is 111 Å². The lowest BCUT2D eigenvalue weighted by atomic mass is 10.0. The zero-order valence-electron chi connectivity index (χ0n) is 12.0. The number of hydrogen-bond acceptors (Lipinski definition) is 2. The maximum Gasteiger partial charge on any atom is 0.0208 e. The minimum absolute atomic E-state index is 0.887. The third-order valence-corrected chi connectivity index (χ3v) is 4.08. The SMILES string of the molecule is CCN(CCNCc1cccc(C)c1C)C1CC1. The lowest BCUT2D eigenvalue weighted by molar-refractivity contribution is 0.277. The van der Waals surface area contributed by atoms with E-state index in [1.54, 1.807) is 0 Å². The zero-order valence-corrected chi connectivity index (χ0v) is 12.0. The van der Waals surface area contributed by atoms with Gasteiger partial charge in [0.1, 0.15) is 0 Å². The van der Waals surface area contributed by atoms with Crippen LogP contribution in [0.15, 0.2) is 18.2 Å². The van der Waals surface area contributed by atoms with Crippen LogP contribution in [-0.4, -0.2) is 30.6 Å². The van der Waals surface area contributed by atoms with Crippen molar-refractivity contribution in [2.24, 2.45) is 0 Å². The third kappa shape index (κ3) is 3.56. The van der Waals surface area contributed by atoms with E-state index >= 15 is 0 Å². The van der Waals surface area contributed by atoms with Crippen molar-refractivity contribution >= 4 is 0 Å². The van der Waals surface area contributed by atoms with Crippen LogP contribution >= 0.6 is 0 Å². The van der Waals surface area contributed by atoms with Gasteiger partial charge in [-0.25, -0.2) is 0 Å². The van der Waals surface area contributed by atoms with Gasteiger partial charge in [-0.3, -0.25) is 4.90 Å². The smallest absolute Gasteiger partial charge is 0.0208 e. The molecular weight excluding hydrogens is 220 g/mol. The van der Waals surface area contributed by atoms with Crippen LogP contribution in [0.2, 0.25) is 0 Å². The summed E-state index contributed by atoms with van der Waals surface area (Å²) in [5.74, 6) is 0. The predicted octanol–water partition coefficient (Wildman–Crippen LogP) is 2.88. The Bertz CT molecular complexity index is 383. The molecule has 2 heteroatoms. The monoisotopic (exact) mass is 246 g/mol. The summed E-state index contributed by atoms with van der Waals surface area (Å²) in [5, 5.41) is 3.58. The number of likely N-dealkylation sites (N-methyl/N-ethyl adjacent to an activating group) is 1. The number of benzene rings is 1. The van der Waals surface area contributed by atoms with E-state index in [0.29, 0.717) is 0 Å². The van der Waals surface area contributed by atoms with E-state index in [-0.39, 0.29) is 0 Å². The van der Waals surface area contributed by atoms with Crippen LogP contribution in [0.4, 0.5) is 0 Å². The van der Waals surface area contributed by atoms with Crippen LogP contribution in [0.5, 0.6) is 0 Å². The first-order chi connectivity index (χ1) is 8.72. The van der Waals surface area contributed by atoms with Gasteiger partial charge in [0.2, 0.25) is 0 Å². The Morgan fingerprint density at radius 1 is 1.28 bits per heavy atom. The van der Waals surface area contributed by atoms with Crippen molar-refractivity contribution < 1.29 is 0 Å². The van der Waals surface area contributed by atoms with Crippen molar-refractivity contribution in [2.45, 2.75) is 46.2 Å². The largest absolute Gasteiger partial charge is 0.311 e. The number of aryl methyl sites for hydroxylation is 1. The van der Waals surface area contributed by atoms with Gasteiger partial charge in [-0.15, -0.1) is 0 Å². The summed E-state index contributed by atoms with van der Waals surface area (Å²) in [4.78, 5) is 2.59. The normalized spacial score (nSPS) is 15.3. The number of nitrogens with zero attached hydrogens (tertiary/aromatic N) is 1. The highest BCUT2D eigenvalue weighted by molar-refractivity contribution is 5.32. The van der Waals surface area contributed by atoms with Gasteiger partial charge < -0.3 is 5.32 Å². The Kier molecular flexibility index (Phi) is 4.79. The average Bonchev–Trinajstić information content (AvgIpc) is 3.19. The molecule has 0 unspecified atom stereocenters. The quantitative estimate of drug-likeness (QED) is 0.744. The molecule has 2 nitrogen and oxygen atoms in total. The van der Waals surface area contributed by atoms with Crippen LogP contribution in [0.1, 0.15) is 36.5 Å². The van der Waals surface area contributed by atoms with E-state index in [1.165, 1.54) is 42.6 Å². The van der Waals surface area contributed by atoms with Crippen LogP contribution in [0, 0.1) is 13.8 Å². The molecule has 0 atom stereocenters. The molecule has 0 spiro atoms. The molecule has 1 aliphatic rings. The Balaban J connectivity index is 1.73. The van der Waals surface area contributed by atoms with Gasteiger partial charge in [-0.2, -0.15) is 0 Å². The molecule has 0 amide bonds. The minimum atomic E-state index is 0.887. The van der Waals surface area contributed by atoms with Crippen LogP contribution in [0.25, 0.3) is 0 Å². The second kappa shape index (κ2) is 6.35. The molecule has 0 aliphatic heterocycles.